The van der Waals surface area contributed by atoms with E-state index in [-0.39, 0.29) is 6.61 Å². The van der Waals surface area contributed by atoms with Gasteiger partial charge < -0.3 is 19.7 Å². The van der Waals surface area contributed by atoms with E-state index < -0.39 is 12.2 Å². The normalized spacial score (nSPS) is 13.5. The second-order valence-corrected chi connectivity index (χ2v) is 5.28. The van der Waals surface area contributed by atoms with Crippen LogP contribution in [0, 0.1) is 13.8 Å². The standard InChI is InChI=1S/C18H22O4/c1-12-8-9-14(10-13(12)2)18(20)17(11-19)22-16-7-5-4-6-15(16)21-3/h4-10,17-20H,11H2,1-3H3. The predicted molar refractivity (Wildman–Crippen MR) is 85.4 cm³/mol. The molecule has 0 amide bonds. The average Bonchev–Trinajstić information content (AvgIpc) is 2.54. The highest BCUT2D eigenvalue weighted by atomic mass is 16.5. The molecule has 0 saturated carbocycles. The summed E-state index contributed by atoms with van der Waals surface area (Å²) < 4.78 is 11.0. The van der Waals surface area contributed by atoms with E-state index in [0.29, 0.717) is 11.5 Å². The van der Waals surface area contributed by atoms with Crippen molar-refractivity contribution in [3.8, 4) is 11.5 Å². The van der Waals surface area contributed by atoms with Crippen molar-refractivity contribution >= 4 is 0 Å². The fourth-order valence-electron chi connectivity index (χ4n) is 2.24. The highest BCUT2D eigenvalue weighted by molar-refractivity contribution is 5.40. The number of para-hydroxylation sites is 2. The molecular weight excluding hydrogens is 280 g/mol. The molecule has 2 aromatic rings. The summed E-state index contributed by atoms with van der Waals surface area (Å²) in [6.45, 7) is 3.70. The van der Waals surface area contributed by atoms with E-state index in [0.717, 1.165) is 16.7 Å². The largest absolute Gasteiger partial charge is 0.493 e. The maximum atomic E-state index is 10.5. The third kappa shape index (κ3) is 3.59. The fourth-order valence-corrected chi connectivity index (χ4v) is 2.24. The van der Waals surface area contributed by atoms with Crippen LogP contribution in [0.5, 0.6) is 11.5 Å². The Balaban J connectivity index is 2.21. The average molecular weight is 302 g/mol. The molecule has 0 bridgehead atoms. The molecule has 2 unspecified atom stereocenters. The molecule has 4 heteroatoms. The van der Waals surface area contributed by atoms with Gasteiger partial charge in [-0.25, -0.2) is 0 Å². The Kier molecular flexibility index (Phi) is 5.41. The first kappa shape index (κ1) is 16.3. The summed E-state index contributed by atoms with van der Waals surface area (Å²) in [6, 6.07) is 12.9. The molecule has 0 fully saturated rings. The molecule has 2 aromatic carbocycles. The molecule has 2 rings (SSSR count). The van der Waals surface area contributed by atoms with Crippen molar-refractivity contribution in [2.24, 2.45) is 0 Å². The van der Waals surface area contributed by atoms with Crippen LogP contribution >= 0.6 is 0 Å². The lowest BCUT2D eigenvalue weighted by Crippen LogP contribution is -2.29. The van der Waals surface area contributed by atoms with E-state index in [9.17, 15) is 10.2 Å². The predicted octanol–water partition coefficient (Wildman–Crippen LogP) is 2.79. The highest BCUT2D eigenvalue weighted by Crippen LogP contribution is 2.30. The van der Waals surface area contributed by atoms with Crippen molar-refractivity contribution in [3.05, 3.63) is 59.2 Å². The van der Waals surface area contributed by atoms with E-state index in [4.69, 9.17) is 9.47 Å². The van der Waals surface area contributed by atoms with E-state index in [1.807, 2.05) is 44.2 Å². The van der Waals surface area contributed by atoms with E-state index in [1.165, 1.54) is 0 Å². The van der Waals surface area contributed by atoms with Crippen LogP contribution in [0.1, 0.15) is 22.8 Å². The molecule has 22 heavy (non-hydrogen) atoms. The van der Waals surface area contributed by atoms with Gasteiger partial charge in [0, 0.05) is 0 Å². The summed E-state index contributed by atoms with van der Waals surface area (Å²) in [6.07, 6.45) is -1.69. The molecule has 4 nitrogen and oxygen atoms in total. The van der Waals surface area contributed by atoms with Crippen LogP contribution in [0.15, 0.2) is 42.5 Å². The Morgan fingerprint density at radius 2 is 1.68 bits per heavy atom. The summed E-state index contributed by atoms with van der Waals surface area (Å²) in [5.41, 5.74) is 2.96. The molecule has 2 atom stereocenters. The van der Waals surface area contributed by atoms with Crippen molar-refractivity contribution in [1.29, 1.82) is 0 Å². The lowest BCUT2D eigenvalue weighted by Gasteiger charge is -2.24. The number of aryl methyl sites for hydroxylation is 2. The number of aliphatic hydroxyl groups excluding tert-OH is 2. The van der Waals surface area contributed by atoms with E-state index >= 15 is 0 Å². The Labute approximate surface area is 130 Å². The van der Waals surface area contributed by atoms with Crippen molar-refractivity contribution in [3.63, 3.8) is 0 Å². The van der Waals surface area contributed by atoms with Gasteiger partial charge in [0.15, 0.2) is 17.6 Å². The minimum Gasteiger partial charge on any atom is -0.493 e. The van der Waals surface area contributed by atoms with Gasteiger partial charge in [0.2, 0.25) is 0 Å². The number of aliphatic hydroxyl groups is 2. The van der Waals surface area contributed by atoms with Gasteiger partial charge in [0.1, 0.15) is 6.10 Å². The minimum atomic E-state index is -0.922. The zero-order valence-electron chi connectivity index (χ0n) is 13.1. The topological polar surface area (TPSA) is 58.9 Å². The molecule has 0 heterocycles. The van der Waals surface area contributed by atoms with Gasteiger partial charge >= 0.3 is 0 Å². The smallest absolute Gasteiger partial charge is 0.161 e. The summed E-state index contributed by atoms with van der Waals surface area (Å²) in [5.74, 6) is 1.06. The number of benzene rings is 2. The molecule has 118 valence electrons. The first-order valence-electron chi connectivity index (χ1n) is 7.22. The third-order valence-electron chi connectivity index (χ3n) is 3.75. The zero-order valence-corrected chi connectivity index (χ0v) is 13.1. The molecule has 0 aliphatic rings. The van der Waals surface area contributed by atoms with Gasteiger partial charge in [-0.2, -0.15) is 0 Å². The van der Waals surface area contributed by atoms with Crippen LogP contribution in [0.25, 0.3) is 0 Å². The number of hydrogen-bond acceptors (Lipinski definition) is 4. The van der Waals surface area contributed by atoms with Crippen molar-refractivity contribution < 1.29 is 19.7 Å². The Bertz CT molecular complexity index is 624. The van der Waals surface area contributed by atoms with Crippen LogP contribution < -0.4 is 9.47 Å². The molecule has 2 N–H and O–H groups in total. The SMILES string of the molecule is COc1ccccc1OC(CO)C(O)c1ccc(C)c(C)c1. The van der Waals surface area contributed by atoms with Gasteiger partial charge in [0.05, 0.1) is 13.7 Å². The molecule has 0 aromatic heterocycles. The van der Waals surface area contributed by atoms with Gasteiger partial charge in [0.25, 0.3) is 0 Å². The van der Waals surface area contributed by atoms with Gasteiger partial charge in [-0.1, -0.05) is 30.3 Å². The number of ether oxygens (including phenoxy) is 2. The first-order chi connectivity index (χ1) is 10.6. The van der Waals surface area contributed by atoms with Crippen LogP contribution in [-0.4, -0.2) is 30.0 Å². The fraction of sp³-hybridized carbons (Fsp3) is 0.333. The summed E-state index contributed by atoms with van der Waals surface area (Å²) in [4.78, 5) is 0. The van der Waals surface area contributed by atoms with Crippen LogP contribution in [0.2, 0.25) is 0 Å². The monoisotopic (exact) mass is 302 g/mol. The van der Waals surface area contributed by atoms with E-state index in [1.54, 1.807) is 19.2 Å². The maximum Gasteiger partial charge on any atom is 0.161 e. The van der Waals surface area contributed by atoms with Gasteiger partial charge in [-0.15, -0.1) is 0 Å². The highest BCUT2D eigenvalue weighted by Gasteiger charge is 2.23. The lowest BCUT2D eigenvalue weighted by molar-refractivity contribution is -0.000435. The first-order valence-corrected chi connectivity index (χ1v) is 7.22. The quantitative estimate of drug-likeness (QED) is 0.861. The Morgan fingerprint density at radius 3 is 2.27 bits per heavy atom. The van der Waals surface area contributed by atoms with Crippen molar-refractivity contribution in [1.82, 2.24) is 0 Å². The number of hydrogen-bond donors (Lipinski definition) is 2. The van der Waals surface area contributed by atoms with Gasteiger partial charge in [-0.05, 0) is 42.7 Å². The van der Waals surface area contributed by atoms with Crippen LogP contribution in [-0.2, 0) is 0 Å². The molecule has 0 saturated heterocycles. The minimum absolute atomic E-state index is 0.299. The molecular formula is C18H22O4. The summed E-state index contributed by atoms with van der Waals surface area (Å²) >= 11 is 0. The summed E-state index contributed by atoms with van der Waals surface area (Å²) in [7, 11) is 1.55. The van der Waals surface area contributed by atoms with Crippen LogP contribution in [0.4, 0.5) is 0 Å². The molecule has 0 radical (unpaired) electrons. The second kappa shape index (κ2) is 7.29. The van der Waals surface area contributed by atoms with Crippen molar-refractivity contribution in [2.75, 3.05) is 13.7 Å². The Morgan fingerprint density at radius 1 is 1.00 bits per heavy atom. The Hall–Kier alpha value is -2.04. The number of rotatable bonds is 6. The molecule has 0 spiro atoms. The van der Waals surface area contributed by atoms with Gasteiger partial charge in [-0.3, -0.25) is 0 Å². The van der Waals surface area contributed by atoms with E-state index in [2.05, 4.69) is 0 Å². The third-order valence-corrected chi connectivity index (χ3v) is 3.75. The molecule has 0 aliphatic carbocycles. The van der Waals surface area contributed by atoms with Crippen LogP contribution in [0.3, 0.4) is 0 Å². The lowest BCUT2D eigenvalue weighted by atomic mass is 10.00. The zero-order chi connectivity index (χ0) is 16.1. The number of methoxy groups -OCH3 is 1. The maximum absolute atomic E-state index is 10.5. The van der Waals surface area contributed by atoms with Crippen molar-refractivity contribution in [2.45, 2.75) is 26.1 Å². The summed E-state index contributed by atoms with van der Waals surface area (Å²) in [5, 5.41) is 20.1. The molecule has 0 aliphatic heterocycles. The second-order valence-electron chi connectivity index (χ2n) is 5.28.